The quantitative estimate of drug-likeness (QED) is 0.774. The van der Waals surface area contributed by atoms with Crippen molar-refractivity contribution in [3.8, 4) is 0 Å². The van der Waals surface area contributed by atoms with Crippen LogP contribution in [0.3, 0.4) is 0 Å². The van der Waals surface area contributed by atoms with Crippen molar-refractivity contribution in [3.63, 3.8) is 0 Å². The van der Waals surface area contributed by atoms with Gasteiger partial charge in [0.2, 0.25) is 0 Å². The summed E-state index contributed by atoms with van der Waals surface area (Å²) < 4.78 is 0. The lowest BCUT2D eigenvalue weighted by Gasteiger charge is -2.33. The van der Waals surface area contributed by atoms with Gasteiger partial charge in [-0.3, -0.25) is 4.79 Å². The predicted molar refractivity (Wildman–Crippen MR) is 63.3 cm³/mol. The highest BCUT2D eigenvalue weighted by Gasteiger charge is 2.27. The summed E-state index contributed by atoms with van der Waals surface area (Å²) in [4.78, 5) is 15.7. The molecule has 1 aliphatic rings. The summed E-state index contributed by atoms with van der Waals surface area (Å²) in [5.41, 5.74) is 6.35. The van der Waals surface area contributed by atoms with Gasteiger partial charge >= 0.3 is 0 Å². The van der Waals surface area contributed by atoms with Crippen molar-refractivity contribution in [2.45, 2.75) is 25.8 Å². The number of amides is 1. The molecular weight excluding hydrogens is 226 g/mol. The Morgan fingerprint density at radius 3 is 2.94 bits per heavy atom. The van der Waals surface area contributed by atoms with E-state index in [2.05, 4.69) is 17.2 Å². The van der Waals surface area contributed by atoms with E-state index in [0.29, 0.717) is 17.2 Å². The Bertz CT molecular complexity index is 416. The summed E-state index contributed by atoms with van der Waals surface area (Å²) in [5, 5.41) is 3.11. The zero-order valence-corrected chi connectivity index (χ0v) is 9.79. The molecule has 0 saturated heterocycles. The number of hydrogen-bond acceptors (Lipinski definition) is 3. The number of aromatic nitrogens is 1. The maximum absolute atomic E-state index is 11.8. The SMILES string of the molecule is CC1CC(NC(=O)c2cc(N)cnc2Cl)C1. The number of halogens is 1. The highest BCUT2D eigenvalue weighted by Crippen LogP contribution is 2.27. The van der Waals surface area contributed by atoms with Crippen LogP contribution in [0.25, 0.3) is 0 Å². The molecular formula is C11H14ClN3O. The van der Waals surface area contributed by atoms with E-state index in [9.17, 15) is 4.79 Å². The van der Waals surface area contributed by atoms with Gasteiger partial charge in [-0.1, -0.05) is 18.5 Å². The van der Waals surface area contributed by atoms with E-state index in [-0.39, 0.29) is 17.1 Å². The zero-order valence-electron chi connectivity index (χ0n) is 9.03. The minimum atomic E-state index is -0.193. The van der Waals surface area contributed by atoms with Gasteiger partial charge in [0.05, 0.1) is 17.4 Å². The lowest BCUT2D eigenvalue weighted by Crippen LogP contribution is -2.43. The van der Waals surface area contributed by atoms with Gasteiger partial charge in [-0.2, -0.15) is 0 Å². The first-order valence-corrected chi connectivity index (χ1v) is 5.66. The summed E-state index contributed by atoms with van der Waals surface area (Å²) >= 11 is 5.84. The van der Waals surface area contributed by atoms with E-state index in [4.69, 9.17) is 17.3 Å². The zero-order chi connectivity index (χ0) is 11.7. The Morgan fingerprint density at radius 1 is 1.62 bits per heavy atom. The Labute approximate surface area is 99.2 Å². The second-order valence-corrected chi connectivity index (χ2v) is 4.71. The summed E-state index contributed by atoms with van der Waals surface area (Å²) in [6.45, 7) is 2.16. The molecule has 0 aromatic carbocycles. The highest BCUT2D eigenvalue weighted by atomic mass is 35.5. The average Bonchev–Trinajstić information content (AvgIpc) is 2.19. The number of anilines is 1. The fourth-order valence-electron chi connectivity index (χ4n) is 1.91. The van der Waals surface area contributed by atoms with Crippen LogP contribution in [0, 0.1) is 5.92 Å². The number of nitrogens with zero attached hydrogens (tertiary/aromatic N) is 1. The molecule has 0 bridgehead atoms. The number of nitrogen functional groups attached to an aromatic ring is 1. The standard InChI is InChI=1S/C11H14ClN3O/c1-6-2-8(3-6)15-11(16)9-4-7(13)5-14-10(9)12/h4-6,8H,2-3,13H2,1H3,(H,15,16). The topological polar surface area (TPSA) is 68.0 Å². The molecule has 1 aromatic rings. The summed E-state index contributed by atoms with van der Waals surface area (Å²) in [6.07, 6.45) is 3.49. The summed E-state index contributed by atoms with van der Waals surface area (Å²) in [6, 6.07) is 1.81. The molecule has 0 unspecified atom stereocenters. The van der Waals surface area contributed by atoms with Crippen molar-refractivity contribution in [2.24, 2.45) is 5.92 Å². The normalized spacial score (nSPS) is 23.6. The third-order valence-electron chi connectivity index (χ3n) is 2.81. The van der Waals surface area contributed by atoms with E-state index >= 15 is 0 Å². The van der Waals surface area contributed by atoms with Crippen LogP contribution < -0.4 is 11.1 Å². The van der Waals surface area contributed by atoms with Crippen molar-refractivity contribution in [3.05, 3.63) is 23.0 Å². The number of rotatable bonds is 2. The lowest BCUT2D eigenvalue weighted by molar-refractivity contribution is 0.0896. The molecule has 1 aromatic heterocycles. The fourth-order valence-corrected chi connectivity index (χ4v) is 2.10. The van der Waals surface area contributed by atoms with Gasteiger partial charge in [0.1, 0.15) is 5.15 Å². The number of hydrogen-bond donors (Lipinski definition) is 2. The minimum absolute atomic E-state index is 0.193. The first kappa shape index (κ1) is 11.2. The van der Waals surface area contributed by atoms with Crippen LogP contribution in [0.2, 0.25) is 5.15 Å². The van der Waals surface area contributed by atoms with Gasteiger partial charge in [-0.15, -0.1) is 0 Å². The van der Waals surface area contributed by atoms with E-state index in [1.165, 1.54) is 6.20 Å². The smallest absolute Gasteiger partial charge is 0.254 e. The minimum Gasteiger partial charge on any atom is -0.397 e. The Kier molecular flexibility index (Phi) is 3.01. The first-order valence-electron chi connectivity index (χ1n) is 5.28. The molecule has 86 valence electrons. The van der Waals surface area contributed by atoms with Crippen LogP contribution in [-0.4, -0.2) is 16.9 Å². The van der Waals surface area contributed by atoms with Crippen LogP contribution in [-0.2, 0) is 0 Å². The van der Waals surface area contributed by atoms with Gasteiger partial charge in [-0.25, -0.2) is 4.98 Å². The van der Waals surface area contributed by atoms with Crippen molar-refractivity contribution in [1.82, 2.24) is 10.3 Å². The van der Waals surface area contributed by atoms with Gasteiger partial charge in [0.15, 0.2) is 0 Å². The van der Waals surface area contributed by atoms with Crippen LogP contribution in [0.15, 0.2) is 12.3 Å². The molecule has 5 heteroatoms. The molecule has 0 atom stereocenters. The maximum Gasteiger partial charge on any atom is 0.254 e. The van der Waals surface area contributed by atoms with Crippen molar-refractivity contribution in [1.29, 1.82) is 0 Å². The number of carbonyl (C=O) groups is 1. The van der Waals surface area contributed by atoms with Crippen molar-refractivity contribution in [2.75, 3.05) is 5.73 Å². The number of nitrogens with two attached hydrogens (primary N) is 1. The molecule has 2 rings (SSSR count). The van der Waals surface area contributed by atoms with E-state index < -0.39 is 0 Å². The van der Waals surface area contributed by atoms with Crippen LogP contribution in [0.1, 0.15) is 30.1 Å². The van der Waals surface area contributed by atoms with Gasteiger partial charge < -0.3 is 11.1 Å². The number of nitrogens with one attached hydrogen (secondary N) is 1. The predicted octanol–water partition coefficient (Wildman–Crippen LogP) is 1.85. The monoisotopic (exact) mass is 239 g/mol. The molecule has 3 N–H and O–H groups in total. The third kappa shape index (κ3) is 2.27. The van der Waals surface area contributed by atoms with E-state index in [0.717, 1.165) is 12.8 Å². The largest absolute Gasteiger partial charge is 0.397 e. The Hall–Kier alpha value is -1.29. The number of carbonyl (C=O) groups excluding carboxylic acids is 1. The van der Waals surface area contributed by atoms with Gasteiger partial charge in [0.25, 0.3) is 5.91 Å². The highest BCUT2D eigenvalue weighted by molar-refractivity contribution is 6.32. The Morgan fingerprint density at radius 2 is 2.31 bits per heavy atom. The summed E-state index contributed by atoms with van der Waals surface area (Å²) in [5.74, 6) is 0.501. The first-order chi connectivity index (χ1) is 7.56. The van der Waals surface area contributed by atoms with Crippen molar-refractivity contribution < 1.29 is 4.79 Å². The molecule has 0 radical (unpaired) electrons. The molecule has 1 fully saturated rings. The summed E-state index contributed by atoms with van der Waals surface area (Å²) in [7, 11) is 0. The average molecular weight is 240 g/mol. The van der Waals surface area contributed by atoms with Gasteiger partial charge in [-0.05, 0) is 24.8 Å². The molecule has 16 heavy (non-hydrogen) atoms. The van der Waals surface area contributed by atoms with E-state index in [1.54, 1.807) is 6.07 Å². The van der Waals surface area contributed by atoms with Crippen LogP contribution in [0.4, 0.5) is 5.69 Å². The Balaban J connectivity index is 2.05. The van der Waals surface area contributed by atoms with Crippen molar-refractivity contribution >= 4 is 23.2 Å². The second kappa shape index (κ2) is 4.29. The molecule has 1 amide bonds. The second-order valence-electron chi connectivity index (χ2n) is 4.35. The third-order valence-corrected chi connectivity index (χ3v) is 3.12. The van der Waals surface area contributed by atoms with Crippen LogP contribution in [0.5, 0.6) is 0 Å². The molecule has 0 spiro atoms. The number of pyridine rings is 1. The molecule has 4 nitrogen and oxygen atoms in total. The molecule has 1 aliphatic carbocycles. The maximum atomic E-state index is 11.8. The molecule has 1 heterocycles. The van der Waals surface area contributed by atoms with Gasteiger partial charge in [0, 0.05) is 6.04 Å². The lowest BCUT2D eigenvalue weighted by atomic mass is 9.82. The molecule has 1 saturated carbocycles. The van der Waals surface area contributed by atoms with E-state index in [1.807, 2.05) is 0 Å². The fraction of sp³-hybridized carbons (Fsp3) is 0.455. The molecule has 0 aliphatic heterocycles. The van der Waals surface area contributed by atoms with Crippen LogP contribution >= 0.6 is 11.6 Å².